The normalized spacial score (nSPS) is 9.18. The number of rotatable bonds is 3. The number of hydrogen-bond acceptors (Lipinski definition) is 2. The molecule has 1 aromatic rings. The van der Waals surface area contributed by atoms with Gasteiger partial charge in [-0.25, -0.2) is 0 Å². The minimum absolute atomic E-state index is 0.642. The Balaban J connectivity index is 2.74. The molecular formula is C8H10N2O. The summed E-state index contributed by atoms with van der Waals surface area (Å²) in [6, 6.07) is 3.73. The number of amides is 1. The van der Waals surface area contributed by atoms with E-state index in [2.05, 4.69) is 10.3 Å². The zero-order chi connectivity index (χ0) is 8.10. The molecular weight excluding hydrogens is 140 g/mol. The second kappa shape index (κ2) is 3.71. The van der Waals surface area contributed by atoms with Crippen LogP contribution in [-0.4, -0.2) is 11.4 Å². The highest BCUT2D eigenvalue weighted by Crippen LogP contribution is 2.04. The number of aryl methyl sites for hydroxylation is 1. The van der Waals surface area contributed by atoms with Crippen molar-refractivity contribution in [3.8, 4) is 0 Å². The number of hydrogen-bond donors (Lipinski definition) is 1. The van der Waals surface area contributed by atoms with Crippen LogP contribution in [0.15, 0.2) is 18.3 Å². The van der Waals surface area contributed by atoms with Crippen LogP contribution in [-0.2, 0) is 11.2 Å². The maximum absolute atomic E-state index is 9.99. The van der Waals surface area contributed by atoms with E-state index in [0.29, 0.717) is 6.41 Å². The van der Waals surface area contributed by atoms with E-state index in [1.807, 2.05) is 19.1 Å². The molecule has 0 saturated heterocycles. The smallest absolute Gasteiger partial charge is 0.211 e. The van der Waals surface area contributed by atoms with Crippen LogP contribution in [0.5, 0.6) is 0 Å². The molecule has 3 heteroatoms. The zero-order valence-electron chi connectivity index (χ0n) is 6.37. The summed E-state index contributed by atoms with van der Waals surface area (Å²) >= 11 is 0. The molecule has 1 aromatic heterocycles. The van der Waals surface area contributed by atoms with Crippen molar-refractivity contribution in [1.82, 2.24) is 4.98 Å². The SMILES string of the molecule is CCc1ccc(NC=O)cn1. The molecule has 1 rings (SSSR count). The lowest BCUT2D eigenvalue weighted by Gasteiger charge is -1.98. The Morgan fingerprint density at radius 1 is 1.64 bits per heavy atom. The van der Waals surface area contributed by atoms with Crippen LogP contribution in [0.4, 0.5) is 5.69 Å². The van der Waals surface area contributed by atoms with E-state index in [1.54, 1.807) is 6.20 Å². The molecule has 0 radical (unpaired) electrons. The largest absolute Gasteiger partial charge is 0.327 e. The summed E-state index contributed by atoms with van der Waals surface area (Å²) in [7, 11) is 0. The van der Waals surface area contributed by atoms with E-state index in [4.69, 9.17) is 0 Å². The molecule has 0 aliphatic heterocycles. The number of aromatic nitrogens is 1. The summed E-state index contributed by atoms with van der Waals surface area (Å²) in [5, 5.41) is 2.52. The van der Waals surface area contributed by atoms with Crippen LogP contribution in [0.2, 0.25) is 0 Å². The minimum Gasteiger partial charge on any atom is -0.327 e. The molecule has 0 unspecified atom stereocenters. The van der Waals surface area contributed by atoms with E-state index in [0.717, 1.165) is 17.8 Å². The van der Waals surface area contributed by atoms with Crippen LogP contribution in [0.25, 0.3) is 0 Å². The lowest BCUT2D eigenvalue weighted by molar-refractivity contribution is -0.105. The van der Waals surface area contributed by atoms with Gasteiger partial charge in [0.2, 0.25) is 6.41 Å². The van der Waals surface area contributed by atoms with Gasteiger partial charge in [-0.15, -0.1) is 0 Å². The van der Waals surface area contributed by atoms with Gasteiger partial charge >= 0.3 is 0 Å². The second-order valence-corrected chi connectivity index (χ2v) is 2.15. The van der Waals surface area contributed by atoms with Crippen molar-refractivity contribution in [1.29, 1.82) is 0 Å². The van der Waals surface area contributed by atoms with Gasteiger partial charge in [-0.1, -0.05) is 6.92 Å². The highest BCUT2D eigenvalue weighted by Gasteiger charge is 1.90. The Bertz CT molecular complexity index is 230. The van der Waals surface area contributed by atoms with E-state index in [-0.39, 0.29) is 0 Å². The number of nitrogens with one attached hydrogen (secondary N) is 1. The minimum atomic E-state index is 0.642. The van der Waals surface area contributed by atoms with Gasteiger partial charge in [0.25, 0.3) is 0 Å². The predicted molar refractivity (Wildman–Crippen MR) is 43.3 cm³/mol. The van der Waals surface area contributed by atoms with Gasteiger partial charge in [-0.3, -0.25) is 9.78 Å². The Labute approximate surface area is 65.5 Å². The number of carbonyl (C=O) groups excluding carboxylic acids is 1. The van der Waals surface area contributed by atoms with Gasteiger partial charge in [0.1, 0.15) is 0 Å². The third kappa shape index (κ3) is 2.04. The zero-order valence-corrected chi connectivity index (χ0v) is 6.37. The van der Waals surface area contributed by atoms with Crippen LogP contribution in [0, 0.1) is 0 Å². The van der Waals surface area contributed by atoms with Gasteiger partial charge in [-0.2, -0.15) is 0 Å². The quantitative estimate of drug-likeness (QED) is 0.658. The molecule has 0 bridgehead atoms. The summed E-state index contributed by atoms with van der Waals surface area (Å²) in [5.41, 5.74) is 1.76. The van der Waals surface area contributed by atoms with Crippen molar-refractivity contribution >= 4 is 12.1 Å². The molecule has 3 nitrogen and oxygen atoms in total. The number of pyridine rings is 1. The fraction of sp³-hybridized carbons (Fsp3) is 0.250. The first-order chi connectivity index (χ1) is 5.36. The molecule has 1 heterocycles. The van der Waals surface area contributed by atoms with E-state index < -0.39 is 0 Å². The molecule has 0 atom stereocenters. The highest BCUT2D eigenvalue weighted by atomic mass is 16.1. The second-order valence-electron chi connectivity index (χ2n) is 2.15. The maximum Gasteiger partial charge on any atom is 0.211 e. The molecule has 0 aromatic carbocycles. The van der Waals surface area contributed by atoms with Crippen LogP contribution in [0.3, 0.4) is 0 Å². The van der Waals surface area contributed by atoms with Gasteiger partial charge in [0.15, 0.2) is 0 Å². The Morgan fingerprint density at radius 2 is 2.45 bits per heavy atom. The molecule has 11 heavy (non-hydrogen) atoms. The Morgan fingerprint density at radius 3 is 2.91 bits per heavy atom. The van der Waals surface area contributed by atoms with Crippen molar-refractivity contribution in [2.75, 3.05) is 5.32 Å². The summed E-state index contributed by atoms with van der Waals surface area (Å²) < 4.78 is 0. The van der Waals surface area contributed by atoms with Gasteiger partial charge < -0.3 is 5.32 Å². The van der Waals surface area contributed by atoms with Gasteiger partial charge in [0, 0.05) is 5.69 Å². The predicted octanol–water partition coefficient (Wildman–Crippen LogP) is 1.21. The molecule has 1 amide bonds. The Kier molecular flexibility index (Phi) is 2.60. The summed E-state index contributed by atoms with van der Waals surface area (Å²) in [4.78, 5) is 14.1. The molecule has 0 saturated carbocycles. The molecule has 0 spiro atoms. The highest BCUT2D eigenvalue weighted by molar-refractivity contribution is 5.70. The van der Waals surface area contributed by atoms with Crippen LogP contribution >= 0.6 is 0 Å². The van der Waals surface area contributed by atoms with Crippen molar-refractivity contribution in [3.63, 3.8) is 0 Å². The van der Waals surface area contributed by atoms with Gasteiger partial charge in [-0.05, 0) is 18.6 Å². The lowest BCUT2D eigenvalue weighted by atomic mass is 10.3. The first-order valence-electron chi connectivity index (χ1n) is 3.52. The topological polar surface area (TPSA) is 42.0 Å². The monoisotopic (exact) mass is 150 g/mol. The van der Waals surface area contributed by atoms with E-state index in [1.165, 1.54) is 0 Å². The Hall–Kier alpha value is -1.38. The van der Waals surface area contributed by atoms with Gasteiger partial charge in [0.05, 0.1) is 11.9 Å². The lowest BCUT2D eigenvalue weighted by Crippen LogP contribution is -1.95. The molecule has 1 N–H and O–H groups in total. The van der Waals surface area contributed by atoms with E-state index in [9.17, 15) is 4.79 Å². The molecule has 0 aliphatic carbocycles. The fourth-order valence-corrected chi connectivity index (χ4v) is 0.787. The average molecular weight is 150 g/mol. The number of anilines is 1. The summed E-state index contributed by atoms with van der Waals surface area (Å²) in [6.45, 7) is 2.04. The first-order valence-corrected chi connectivity index (χ1v) is 3.52. The third-order valence-electron chi connectivity index (χ3n) is 1.41. The molecule has 0 aliphatic rings. The van der Waals surface area contributed by atoms with Crippen molar-refractivity contribution in [3.05, 3.63) is 24.0 Å². The third-order valence-corrected chi connectivity index (χ3v) is 1.41. The van der Waals surface area contributed by atoms with Crippen molar-refractivity contribution in [2.24, 2.45) is 0 Å². The van der Waals surface area contributed by atoms with Crippen molar-refractivity contribution in [2.45, 2.75) is 13.3 Å². The fourth-order valence-electron chi connectivity index (χ4n) is 0.787. The molecule has 58 valence electrons. The van der Waals surface area contributed by atoms with Crippen LogP contribution in [0.1, 0.15) is 12.6 Å². The maximum atomic E-state index is 9.99. The standard InChI is InChI=1S/C8H10N2O/c1-2-7-3-4-8(5-9-7)10-6-11/h3-6H,2H2,1H3,(H,10,11). The molecule has 0 fully saturated rings. The number of nitrogens with zero attached hydrogens (tertiary/aromatic N) is 1. The summed E-state index contributed by atoms with van der Waals surface area (Å²) in [6.07, 6.45) is 3.21. The number of carbonyl (C=O) groups is 1. The van der Waals surface area contributed by atoms with E-state index >= 15 is 0 Å². The average Bonchev–Trinajstić information content (AvgIpc) is 2.07. The van der Waals surface area contributed by atoms with Crippen LogP contribution < -0.4 is 5.32 Å². The first kappa shape index (κ1) is 7.72. The summed E-state index contributed by atoms with van der Waals surface area (Å²) in [5.74, 6) is 0. The van der Waals surface area contributed by atoms with Crippen molar-refractivity contribution < 1.29 is 4.79 Å².